The quantitative estimate of drug-likeness (QED) is 0.433. The van der Waals surface area contributed by atoms with E-state index in [9.17, 15) is 0 Å². The predicted molar refractivity (Wildman–Crippen MR) is 47.3 cm³/mol. The molecule has 0 N–H and O–H groups in total. The van der Waals surface area contributed by atoms with Crippen molar-refractivity contribution in [2.45, 2.75) is 51.1 Å². The SMILES string of the molecule is CCCCCC.[CH3][Al+][CH3].[Cl-]. The molecule has 2 heteroatoms. The van der Waals surface area contributed by atoms with E-state index in [-0.39, 0.29) is 12.4 Å². The van der Waals surface area contributed by atoms with E-state index < -0.39 is 0 Å². The molecule has 0 spiro atoms. The van der Waals surface area contributed by atoms with Gasteiger partial charge in [0.25, 0.3) is 0 Å². The van der Waals surface area contributed by atoms with E-state index in [4.69, 9.17) is 0 Å². The van der Waals surface area contributed by atoms with E-state index in [1.165, 1.54) is 25.7 Å². The molecule has 62 valence electrons. The molecule has 0 bridgehead atoms. The van der Waals surface area contributed by atoms with Gasteiger partial charge in [0.15, 0.2) is 0 Å². The molecule has 0 fully saturated rings. The van der Waals surface area contributed by atoms with Crippen LogP contribution in [0.2, 0.25) is 11.6 Å². The Kier molecular flexibility index (Phi) is 38.5. The van der Waals surface area contributed by atoms with E-state index in [1.807, 2.05) is 0 Å². The third-order valence-electron chi connectivity index (χ3n) is 0.957. The second-order valence-corrected chi connectivity index (χ2v) is 3.44. The average molecular weight is 179 g/mol. The fourth-order valence-electron chi connectivity index (χ4n) is 0.500. The zero-order valence-corrected chi connectivity index (χ0v) is 9.69. The van der Waals surface area contributed by atoms with Crippen LogP contribution >= 0.6 is 0 Å². The second kappa shape index (κ2) is 22.6. The molecule has 0 aromatic rings. The fourth-order valence-corrected chi connectivity index (χ4v) is 0.500. The van der Waals surface area contributed by atoms with Crippen molar-refractivity contribution in [3.8, 4) is 0 Å². The maximum absolute atomic E-state index is 2.23. The summed E-state index contributed by atoms with van der Waals surface area (Å²) in [5.41, 5.74) is 0. The summed E-state index contributed by atoms with van der Waals surface area (Å²) < 4.78 is 0. The molecule has 0 saturated carbocycles. The first-order chi connectivity index (χ1) is 4.33. The van der Waals surface area contributed by atoms with Crippen LogP contribution in [0.25, 0.3) is 0 Å². The number of unbranched alkanes of at least 4 members (excludes halogenated alkanes) is 3. The molecule has 0 aliphatic rings. The largest absolute Gasteiger partial charge is 1.00 e. The van der Waals surface area contributed by atoms with Crippen LogP contribution in [0.15, 0.2) is 0 Å². The van der Waals surface area contributed by atoms with E-state index in [0.29, 0.717) is 0 Å². The molecule has 0 aromatic carbocycles. The van der Waals surface area contributed by atoms with Gasteiger partial charge in [0, 0.05) is 0 Å². The molecule has 0 radical (unpaired) electrons. The Labute approximate surface area is 78.9 Å². The molecular formula is C8H20AlCl. The Morgan fingerprint density at radius 3 is 1.20 bits per heavy atom. The Bertz CT molecular complexity index is 28.4. The van der Waals surface area contributed by atoms with E-state index in [2.05, 4.69) is 25.4 Å². The summed E-state index contributed by atoms with van der Waals surface area (Å²) in [6.45, 7) is 4.46. The minimum atomic E-state index is 0. The van der Waals surface area contributed by atoms with Crippen LogP contribution in [0.1, 0.15) is 39.5 Å². The van der Waals surface area contributed by atoms with Crippen molar-refractivity contribution in [2.24, 2.45) is 0 Å². The zero-order chi connectivity index (χ0) is 7.54. The number of hydrogen-bond donors (Lipinski definition) is 0. The van der Waals surface area contributed by atoms with Gasteiger partial charge in [-0.15, -0.1) is 0 Å². The summed E-state index contributed by atoms with van der Waals surface area (Å²) in [6, 6.07) is 0. The molecule has 0 aliphatic heterocycles. The van der Waals surface area contributed by atoms with Crippen molar-refractivity contribution in [3.63, 3.8) is 0 Å². The number of halogens is 1. The summed E-state index contributed by atoms with van der Waals surface area (Å²) in [7, 11) is 0. The van der Waals surface area contributed by atoms with E-state index in [0.717, 1.165) is 15.2 Å². The smallest absolute Gasteiger partial charge is 1.00 e. The second-order valence-electron chi connectivity index (χ2n) is 2.28. The third kappa shape index (κ3) is 36.9. The van der Waals surface area contributed by atoms with Crippen molar-refractivity contribution in [2.75, 3.05) is 0 Å². The molecule has 0 saturated heterocycles. The first-order valence-electron chi connectivity index (χ1n) is 4.07. The molecule has 0 atom stereocenters. The maximum atomic E-state index is 2.23. The first kappa shape index (κ1) is 17.1. The van der Waals surface area contributed by atoms with Crippen molar-refractivity contribution >= 4 is 15.2 Å². The van der Waals surface area contributed by atoms with Crippen molar-refractivity contribution in [1.29, 1.82) is 0 Å². The minimum absolute atomic E-state index is 0. The molecule has 0 rings (SSSR count). The Morgan fingerprint density at radius 1 is 0.900 bits per heavy atom. The number of hydrogen-bond acceptors (Lipinski definition) is 0. The number of rotatable bonds is 3. The summed E-state index contributed by atoms with van der Waals surface area (Å²) in [5.74, 6) is 4.42. The molecule has 10 heavy (non-hydrogen) atoms. The molecule has 0 amide bonds. The van der Waals surface area contributed by atoms with E-state index >= 15 is 0 Å². The van der Waals surface area contributed by atoms with Gasteiger partial charge in [0.2, 0.25) is 0 Å². The first-order valence-corrected chi connectivity index (χ1v) is 6.38. The van der Waals surface area contributed by atoms with Crippen LogP contribution in [0.3, 0.4) is 0 Å². The zero-order valence-electron chi connectivity index (χ0n) is 7.78. The van der Waals surface area contributed by atoms with Crippen molar-refractivity contribution < 1.29 is 12.4 Å². The standard InChI is InChI=1S/C6H14.2CH3.Al.ClH/c1-3-5-6-4-2;;;;/h3-6H2,1-2H3;2*1H3;;1H/q;;;+1;/p-1. The van der Waals surface area contributed by atoms with Crippen LogP contribution in [0.5, 0.6) is 0 Å². The Morgan fingerprint density at radius 2 is 1.10 bits per heavy atom. The molecule has 0 heterocycles. The molecular weight excluding hydrogens is 159 g/mol. The predicted octanol–water partition coefficient (Wildman–Crippen LogP) is 0.377. The molecule has 0 aromatic heterocycles. The van der Waals surface area contributed by atoms with Gasteiger partial charge in [0.1, 0.15) is 0 Å². The molecule has 0 unspecified atom stereocenters. The normalized spacial score (nSPS) is 6.40. The van der Waals surface area contributed by atoms with Gasteiger partial charge in [-0.3, -0.25) is 0 Å². The third-order valence-corrected chi connectivity index (χ3v) is 0.957. The fraction of sp³-hybridized carbons (Fsp3) is 1.00. The topological polar surface area (TPSA) is 0 Å². The van der Waals surface area contributed by atoms with Crippen LogP contribution in [-0.2, 0) is 0 Å². The summed E-state index contributed by atoms with van der Waals surface area (Å²) in [4.78, 5) is 0. The van der Waals surface area contributed by atoms with E-state index in [1.54, 1.807) is 0 Å². The van der Waals surface area contributed by atoms with Gasteiger partial charge in [-0.05, 0) is 0 Å². The molecule has 0 nitrogen and oxygen atoms in total. The summed E-state index contributed by atoms with van der Waals surface area (Å²) >= 11 is 0.750. The Balaban J connectivity index is -0.000000107. The Hall–Kier alpha value is 0.822. The van der Waals surface area contributed by atoms with Gasteiger partial charge in [0.05, 0.1) is 0 Å². The monoisotopic (exact) mass is 178 g/mol. The minimum Gasteiger partial charge on any atom is -1.00 e. The van der Waals surface area contributed by atoms with Gasteiger partial charge >= 0.3 is 26.8 Å². The van der Waals surface area contributed by atoms with Gasteiger partial charge in [-0.2, -0.15) is 0 Å². The van der Waals surface area contributed by atoms with Gasteiger partial charge in [-0.1, -0.05) is 39.5 Å². The molecule has 0 aliphatic carbocycles. The van der Waals surface area contributed by atoms with Crippen LogP contribution < -0.4 is 12.4 Å². The van der Waals surface area contributed by atoms with Crippen LogP contribution in [0.4, 0.5) is 0 Å². The van der Waals surface area contributed by atoms with Gasteiger partial charge in [-0.25, -0.2) is 0 Å². The summed E-state index contributed by atoms with van der Waals surface area (Å²) in [5, 5.41) is 0. The van der Waals surface area contributed by atoms with Crippen molar-refractivity contribution in [3.05, 3.63) is 0 Å². The van der Waals surface area contributed by atoms with Crippen molar-refractivity contribution in [1.82, 2.24) is 0 Å². The average Bonchev–Trinajstić information content (AvgIpc) is 1.86. The summed E-state index contributed by atoms with van der Waals surface area (Å²) in [6.07, 6.45) is 5.54. The maximum Gasteiger partial charge on any atom is -1.00 e. The van der Waals surface area contributed by atoms with Gasteiger partial charge < -0.3 is 12.4 Å². The van der Waals surface area contributed by atoms with Crippen LogP contribution in [-0.4, -0.2) is 15.2 Å². The van der Waals surface area contributed by atoms with Crippen LogP contribution in [0, 0.1) is 0 Å².